The van der Waals surface area contributed by atoms with Gasteiger partial charge in [0.15, 0.2) is 0 Å². The Kier molecular flexibility index (Phi) is 4.70. The van der Waals surface area contributed by atoms with Gasteiger partial charge in [-0.2, -0.15) is 4.99 Å². The summed E-state index contributed by atoms with van der Waals surface area (Å²) >= 11 is 0. The van der Waals surface area contributed by atoms with Gasteiger partial charge in [0.1, 0.15) is 23.0 Å². The zero-order valence-electron chi connectivity index (χ0n) is 13.1. The second-order valence-electron chi connectivity index (χ2n) is 5.10. The number of ether oxygens (including phenoxy) is 2. The molecule has 0 aromatic heterocycles. The molecule has 0 unspecified atom stereocenters. The van der Waals surface area contributed by atoms with E-state index >= 15 is 0 Å². The summed E-state index contributed by atoms with van der Waals surface area (Å²) in [6, 6.07) is 22.2. The van der Waals surface area contributed by atoms with Crippen LogP contribution in [0.2, 0.25) is 0 Å². The minimum Gasteiger partial charge on any atom is -0.457 e. The molecule has 3 aromatic carbocycles. The van der Waals surface area contributed by atoms with Gasteiger partial charge in [0.25, 0.3) is 0 Å². The molecule has 0 fully saturated rings. The molecule has 0 bridgehead atoms. The summed E-state index contributed by atoms with van der Waals surface area (Å²) in [5, 5.41) is 0. The van der Waals surface area contributed by atoms with Crippen molar-refractivity contribution in [3.63, 3.8) is 0 Å². The maximum absolute atomic E-state index is 10.5. The van der Waals surface area contributed by atoms with E-state index in [1.54, 1.807) is 18.2 Å². The Bertz CT molecular complexity index is 884. The first-order valence-corrected chi connectivity index (χ1v) is 7.44. The van der Waals surface area contributed by atoms with Crippen LogP contribution in [0.4, 0.5) is 5.69 Å². The highest BCUT2D eigenvalue weighted by molar-refractivity contribution is 5.58. The van der Waals surface area contributed by atoms with Gasteiger partial charge in [-0.3, -0.25) is 0 Å². The average molecular weight is 317 g/mol. The average Bonchev–Trinajstić information content (AvgIpc) is 2.60. The molecule has 0 radical (unpaired) electrons. The van der Waals surface area contributed by atoms with Crippen molar-refractivity contribution in [3.05, 3.63) is 78.4 Å². The maximum Gasteiger partial charge on any atom is 0.240 e. The van der Waals surface area contributed by atoms with E-state index in [0.717, 1.165) is 11.3 Å². The van der Waals surface area contributed by atoms with Crippen LogP contribution < -0.4 is 9.47 Å². The fourth-order valence-corrected chi connectivity index (χ4v) is 2.24. The van der Waals surface area contributed by atoms with E-state index < -0.39 is 0 Å². The Labute approximate surface area is 140 Å². The van der Waals surface area contributed by atoms with Gasteiger partial charge < -0.3 is 9.47 Å². The monoisotopic (exact) mass is 317 g/mol. The molecule has 118 valence electrons. The minimum atomic E-state index is 0.541. The van der Waals surface area contributed by atoms with Crippen LogP contribution in [-0.4, -0.2) is 6.08 Å². The van der Waals surface area contributed by atoms with Gasteiger partial charge >= 0.3 is 0 Å². The number of hydrogen-bond donors (Lipinski definition) is 0. The molecule has 4 nitrogen and oxygen atoms in total. The summed E-state index contributed by atoms with van der Waals surface area (Å²) in [5.41, 5.74) is 1.31. The number of hydrogen-bond acceptors (Lipinski definition) is 4. The molecule has 0 aliphatic carbocycles. The molecule has 0 aliphatic rings. The first-order chi connectivity index (χ1) is 11.8. The quantitative estimate of drug-likeness (QED) is 0.458. The van der Waals surface area contributed by atoms with Crippen LogP contribution in [0.5, 0.6) is 23.0 Å². The molecule has 0 amide bonds. The van der Waals surface area contributed by atoms with Crippen molar-refractivity contribution < 1.29 is 14.3 Å². The summed E-state index contributed by atoms with van der Waals surface area (Å²) in [7, 11) is 0. The number of aliphatic imine (C=N–C) groups is 1. The molecule has 0 atom stereocenters. The van der Waals surface area contributed by atoms with Crippen LogP contribution in [-0.2, 0) is 4.79 Å². The van der Waals surface area contributed by atoms with Crippen LogP contribution in [0.3, 0.4) is 0 Å². The van der Waals surface area contributed by atoms with Crippen LogP contribution in [0, 0.1) is 6.92 Å². The topological polar surface area (TPSA) is 47.9 Å². The van der Waals surface area contributed by atoms with E-state index in [2.05, 4.69) is 4.99 Å². The van der Waals surface area contributed by atoms with Crippen LogP contribution in [0.1, 0.15) is 5.56 Å². The Morgan fingerprint density at radius 2 is 1.46 bits per heavy atom. The first-order valence-electron chi connectivity index (χ1n) is 7.44. The molecule has 24 heavy (non-hydrogen) atoms. The fraction of sp³-hybridized carbons (Fsp3) is 0.0500. The number of para-hydroxylation sites is 1. The fourth-order valence-electron chi connectivity index (χ4n) is 2.24. The second kappa shape index (κ2) is 7.27. The number of rotatable bonds is 5. The summed E-state index contributed by atoms with van der Waals surface area (Å²) < 4.78 is 11.7. The number of benzene rings is 3. The summed E-state index contributed by atoms with van der Waals surface area (Å²) in [6.45, 7) is 1.84. The highest BCUT2D eigenvalue weighted by atomic mass is 16.5. The first kappa shape index (κ1) is 15.5. The van der Waals surface area contributed by atoms with Crippen molar-refractivity contribution in [2.24, 2.45) is 4.99 Å². The van der Waals surface area contributed by atoms with Crippen molar-refractivity contribution >= 4 is 11.8 Å². The Balaban J connectivity index is 1.83. The van der Waals surface area contributed by atoms with Gasteiger partial charge in [0.05, 0.1) is 5.69 Å². The SMILES string of the molecule is Cc1c(N=C=O)cccc1Oc1cccc(Oc2ccccc2)c1. The third kappa shape index (κ3) is 3.69. The molecule has 0 saturated carbocycles. The number of nitrogens with zero attached hydrogens (tertiary/aromatic N) is 1. The van der Waals surface area contributed by atoms with E-state index in [1.165, 1.54) is 0 Å². The predicted octanol–water partition coefficient (Wildman–Crippen LogP) is 5.55. The summed E-state index contributed by atoms with van der Waals surface area (Å²) in [4.78, 5) is 14.1. The van der Waals surface area contributed by atoms with Gasteiger partial charge in [-0.25, -0.2) is 4.79 Å². The summed E-state index contributed by atoms with van der Waals surface area (Å²) in [5.74, 6) is 2.70. The van der Waals surface area contributed by atoms with Gasteiger partial charge in [-0.05, 0) is 43.3 Å². The van der Waals surface area contributed by atoms with Gasteiger partial charge in [0.2, 0.25) is 6.08 Å². The third-order valence-corrected chi connectivity index (χ3v) is 3.43. The van der Waals surface area contributed by atoms with E-state index in [0.29, 0.717) is 22.9 Å². The zero-order chi connectivity index (χ0) is 16.8. The Morgan fingerprint density at radius 3 is 2.21 bits per heavy atom. The van der Waals surface area contributed by atoms with E-state index in [-0.39, 0.29) is 0 Å². The van der Waals surface area contributed by atoms with Crippen LogP contribution in [0.25, 0.3) is 0 Å². The van der Waals surface area contributed by atoms with Gasteiger partial charge in [-0.1, -0.05) is 30.3 Å². The Hall–Kier alpha value is -3.36. The highest BCUT2D eigenvalue weighted by Gasteiger charge is 2.07. The summed E-state index contributed by atoms with van der Waals surface area (Å²) in [6.07, 6.45) is 1.55. The Morgan fingerprint density at radius 1 is 0.792 bits per heavy atom. The standard InChI is InChI=1S/C20H15NO3/c1-15-19(21-14-22)11-6-12-20(15)24-18-10-5-9-17(13-18)23-16-7-3-2-4-8-16/h2-13H,1H3. The van der Waals surface area contributed by atoms with Crippen molar-refractivity contribution in [3.8, 4) is 23.0 Å². The minimum absolute atomic E-state index is 0.541. The molecule has 0 spiro atoms. The van der Waals surface area contributed by atoms with E-state index in [9.17, 15) is 4.79 Å². The number of carbonyl (C=O) groups excluding carboxylic acids is 1. The molecular formula is C20H15NO3. The van der Waals surface area contributed by atoms with Crippen LogP contribution in [0.15, 0.2) is 77.8 Å². The van der Waals surface area contributed by atoms with Crippen molar-refractivity contribution in [2.75, 3.05) is 0 Å². The molecule has 0 N–H and O–H groups in total. The third-order valence-electron chi connectivity index (χ3n) is 3.43. The van der Waals surface area contributed by atoms with E-state index in [1.807, 2.05) is 67.6 Å². The number of isocyanates is 1. The van der Waals surface area contributed by atoms with Crippen LogP contribution >= 0.6 is 0 Å². The molecule has 3 aromatic rings. The normalized spacial score (nSPS) is 9.88. The zero-order valence-corrected chi connectivity index (χ0v) is 13.1. The molecule has 3 rings (SSSR count). The smallest absolute Gasteiger partial charge is 0.240 e. The lowest BCUT2D eigenvalue weighted by molar-refractivity contribution is 0.458. The van der Waals surface area contributed by atoms with Crippen molar-refractivity contribution in [2.45, 2.75) is 6.92 Å². The largest absolute Gasteiger partial charge is 0.457 e. The predicted molar refractivity (Wildman–Crippen MR) is 92.0 cm³/mol. The highest BCUT2D eigenvalue weighted by Crippen LogP contribution is 2.33. The molecule has 0 aliphatic heterocycles. The molecule has 4 heteroatoms. The van der Waals surface area contributed by atoms with E-state index in [4.69, 9.17) is 9.47 Å². The molecule has 0 heterocycles. The second-order valence-corrected chi connectivity index (χ2v) is 5.10. The van der Waals surface area contributed by atoms with Crippen molar-refractivity contribution in [1.82, 2.24) is 0 Å². The maximum atomic E-state index is 10.5. The molecular weight excluding hydrogens is 302 g/mol. The lowest BCUT2D eigenvalue weighted by atomic mass is 10.2. The van der Waals surface area contributed by atoms with Gasteiger partial charge in [-0.15, -0.1) is 0 Å². The van der Waals surface area contributed by atoms with Crippen molar-refractivity contribution in [1.29, 1.82) is 0 Å². The lowest BCUT2D eigenvalue weighted by Crippen LogP contribution is -1.89. The molecule has 0 saturated heterocycles. The van der Waals surface area contributed by atoms with Gasteiger partial charge in [0, 0.05) is 11.6 Å². The lowest BCUT2D eigenvalue weighted by Gasteiger charge is -2.11.